The van der Waals surface area contributed by atoms with Gasteiger partial charge in [-0.05, 0) is 60.4 Å². The summed E-state index contributed by atoms with van der Waals surface area (Å²) in [4.78, 5) is 0. The second kappa shape index (κ2) is 6.26. The molecule has 0 bridgehead atoms. The van der Waals surface area contributed by atoms with E-state index in [1.807, 2.05) is 6.07 Å². The van der Waals surface area contributed by atoms with E-state index < -0.39 is 0 Å². The van der Waals surface area contributed by atoms with E-state index in [0.29, 0.717) is 4.48 Å². The van der Waals surface area contributed by atoms with Crippen LogP contribution in [0, 0.1) is 0 Å². The number of allylic oxidation sites excluding steroid dienone is 3. The van der Waals surface area contributed by atoms with Crippen LogP contribution >= 0.6 is 0 Å². The quantitative estimate of drug-likeness (QED) is 0.422. The molecule has 0 fully saturated rings. The summed E-state index contributed by atoms with van der Waals surface area (Å²) < 4.78 is 0.689. The van der Waals surface area contributed by atoms with Crippen LogP contribution in [0.5, 0.6) is 0 Å². The van der Waals surface area contributed by atoms with Gasteiger partial charge in [-0.1, -0.05) is 48.6 Å². The van der Waals surface area contributed by atoms with Gasteiger partial charge in [0.1, 0.15) is 17.9 Å². The van der Waals surface area contributed by atoms with Crippen molar-refractivity contribution >= 4 is 28.3 Å². The van der Waals surface area contributed by atoms with Gasteiger partial charge in [0.15, 0.2) is 5.69 Å². The molecule has 3 aromatic carbocycles. The first-order valence-electron chi connectivity index (χ1n) is 9.57. The summed E-state index contributed by atoms with van der Waals surface area (Å²) in [6.45, 7) is 0.949. The monoisotopic (exact) mass is 351 g/mol. The topological polar surface area (TPSA) is 26.0 Å². The number of fused-ring (bicyclic) bond motifs is 2. The average molecular weight is 351 g/mol. The highest BCUT2D eigenvalue weighted by molar-refractivity contribution is 5.92. The Morgan fingerprint density at radius 1 is 0.778 bits per heavy atom. The predicted molar refractivity (Wildman–Crippen MR) is 115 cm³/mol. The Bertz CT molecular complexity index is 1010. The van der Waals surface area contributed by atoms with E-state index in [9.17, 15) is 0 Å². The fourth-order valence-corrected chi connectivity index (χ4v) is 4.59. The van der Waals surface area contributed by atoms with Crippen molar-refractivity contribution < 1.29 is 0 Å². The lowest BCUT2D eigenvalue weighted by molar-refractivity contribution is 0.540. The van der Waals surface area contributed by atoms with Gasteiger partial charge in [-0.25, -0.2) is 4.48 Å². The van der Waals surface area contributed by atoms with Gasteiger partial charge in [0.05, 0.1) is 0 Å². The number of hydrogen-bond acceptors (Lipinski definition) is 1. The Kier molecular flexibility index (Phi) is 3.73. The molecule has 3 aromatic rings. The van der Waals surface area contributed by atoms with Crippen LogP contribution < -0.4 is 10.2 Å². The Morgan fingerprint density at radius 2 is 1.44 bits per heavy atom. The summed E-state index contributed by atoms with van der Waals surface area (Å²) in [7, 11) is 0. The number of para-hydroxylation sites is 2. The molecule has 1 aliphatic carbocycles. The number of nitrogens with zero attached hydrogens (tertiary/aromatic N) is 1. The van der Waals surface area contributed by atoms with Crippen LogP contribution in [0.4, 0.5) is 22.7 Å². The van der Waals surface area contributed by atoms with Gasteiger partial charge in [0.2, 0.25) is 0 Å². The number of quaternary nitrogens is 1. The molecule has 0 saturated heterocycles. The van der Waals surface area contributed by atoms with Crippen molar-refractivity contribution in [1.29, 1.82) is 0 Å². The summed E-state index contributed by atoms with van der Waals surface area (Å²) in [5.41, 5.74) is 15.1. The minimum atomic E-state index is 0.689. The number of hydrogen-bond donors (Lipinski definition) is 1. The fourth-order valence-electron chi connectivity index (χ4n) is 4.59. The molecule has 27 heavy (non-hydrogen) atoms. The zero-order valence-electron chi connectivity index (χ0n) is 15.3. The molecule has 2 N–H and O–H groups in total. The molecule has 2 heteroatoms. The third kappa shape index (κ3) is 2.45. The zero-order valence-corrected chi connectivity index (χ0v) is 15.3. The van der Waals surface area contributed by atoms with Crippen molar-refractivity contribution in [3.8, 4) is 0 Å². The van der Waals surface area contributed by atoms with Crippen LogP contribution in [-0.2, 0) is 0 Å². The maximum absolute atomic E-state index is 6.28. The smallest absolute Gasteiger partial charge is 0.153 e. The van der Waals surface area contributed by atoms with Gasteiger partial charge >= 0.3 is 0 Å². The van der Waals surface area contributed by atoms with Gasteiger partial charge in [-0.15, -0.1) is 0 Å². The molecule has 5 rings (SSSR count). The Balaban J connectivity index is 1.88. The molecular weight excluding hydrogens is 328 g/mol. The maximum Gasteiger partial charge on any atom is 0.153 e. The highest BCUT2D eigenvalue weighted by Gasteiger charge is 2.43. The third-order valence-corrected chi connectivity index (χ3v) is 5.82. The lowest BCUT2D eigenvalue weighted by Crippen LogP contribution is -2.43. The number of benzene rings is 3. The van der Waals surface area contributed by atoms with Crippen LogP contribution in [0.15, 0.2) is 96.6 Å². The number of nitrogens with two attached hydrogens (primary N) is 1. The molecular formula is C25H23N2+. The number of rotatable bonds is 2. The van der Waals surface area contributed by atoms with Crippen molar-refractivity contribution in [3.05, 3.63) is 102 Å². The largest absolute Gasteiger partial charge is 0.399 e. The normalized spacial score (nSPS) is 17.3. The summed E-state index contributed by atoms with van der Waals surface area (Å²) >= 11 is 0. The van der Waals surface area contributed by atoms with Gasteiger partial charge in [-0.2, -0.15) is 0 Å². The molecule has 1 aliphatic heterocycles. The third-order valence-electron chi connectivity index (χ3n) is 5.82. The molecule has 2 nitrogen and oxygen atoms in total. The van der Waals surface area contributed by atoms with Gasteiger partial charge in [0, 0.05) is 17.3 Å². The molecule has 0 saturated carbocycles. The van der Waals surface area contributed by atoms with E-state index in [1.165, 1.54) is 33.8 Å². The molecule has 2 aliphatic rings. The number of anilines is 1. The van der Waals surface area contributed by atoms with E-state index in [1.54, 1.807) is 0 Å². The first kappa shape index (κ1) is 16.1. The summed E-state index contributed by atoms with van der Waals surface area (Å²) in [6, 6.07) is 28.1. The van der Waals surface area contributed by atoms with E-state index in [2.05, 4.69) is 84.9 Å². The molecule has 0 amide bonds. The SMILES string of the molecule is Nc1ccc2c(c1)[N+](c1ccccc1)(c1ccccc1)CC1=C2C=CCC1. The zero-order chi connectivity index (χ0) is 18.3. The summed E-state index contributed by atoms with van der Waals surface area (Å²) in [6.07, 6.45) is 6.84. The molecule has 1 heterocycles. The Hall–Kier alpha value is -3.10. The maximum atomic E-state index is 6.28. The van der Waals surface area contributed by atoms with Crippen LogP contribution in [0.25, 0.3) is 5.57 Å². The van der Waals surface area contributed by atoms with E-state index in [4.69, 9.17) is 5.73 Å². The number of nitrogen functional groups attached to an aromatic ring is 1. The fraction of sp³-hybridized carbons (Fsp3) is 0.120. The Labute approximate surface area is 160 Å². The van der Waals surface area contributed by atoms with Crippen LogP contribution in [0.3, 0.4) is 0 Å². The lowest BCUT2D eigenvalue weighted by atomic mass is 9.85. The van der Waals surface area contributed by atoms with Gasteiger partial charge < -0.3 is 5.73 Å². The standard InChI is InChI=1S/C25H23N2/c26-20-15-16-24-23-14-8-7-9-19(23)18-27(25(24)17-20,21-10-3-1-4-11-21)22-12-5-2-6-13-22/h1-6,8,10-17H,7,9,18,26H2/q+1. The molecule has 0 atom stereocenters. The second-order valence-corrected chi connectivity index (χ2v) is 7.37. The van der Waals surface area contributed by atoms with E-state index in [-0.39, 0.29) is 0 Å². The average Bonchev–Trinajstić information content (AvgIpc) is 2.74. The van der Waals surface area contributed by atoms with Crippen LogP contribution in [-0.4, -0.2) is 6.54 Å². The minimum Gasteiger partial charge on any atom is -0.399 e. The van der Waals surface area contributed by atoms with Crippen molar-refractivity contribution in [2.45, 2.75) is 12.8 Å². The van der Waals surface area contributed by atoms with Crippen molar-refractivity contribution in [2.24, 2.45) is 0 Å². The molecule has 132 valence electrons. The van der Waals surface area contributed by atoms with Crippen molar-refractivity contribution in [2.75, 3.05) is 12.3 Å². The molecule has 0 radical (unpaired) electrons. The minimum absolute atomic E-state index is 0.689. The van der Waals surface area contributed by atoms with Gasteiger partial charge in [0.25, 0.3) is 0 Å². The molecule has 0 aromatic heterocycles. The van der Waals surface area contributed by atoms with Crippen LogP contribution in [0.1, 0.15) is 18.4 Å². The van der Waals surface area contributed by atoms with E-state index in [0.717, 1.165) is 25.1 Å². The summed E-state index contributed by atoms with van der Waals surface area (Å²) in [5.74, 6) is 0. The highest BCUT2D eigenvalue weighted by Crippen LogP contribution is 2.52. The molecule has 0 unspecified atom stereocenters. The van der Waals surface area contributed by atoms with Crippen molar-refractivity contribution in [3.63, 3.8) is 0 Å². The van der Waals surface area contributed by atoms with E-state index >= 15 is 0 Å². The highest BCUT2D eigenvalue weighted by atomic mass is 15.4. The first-order valence-corrected chi connectivity index (χ1v) is 9.57. The van der Waals surface area contributed by atoms with Crippen LogP contribution in [0.2, 0.25) is 0 Å². The van der Waals surface area contributed by atoms with Gasteiger partial charge in [-0.3, -0.25) is 0 Å². The first-order chi connectivity index (χ1) is 13.3. The van der Waals surface area contributed by atoms with Crippen molar-refractivity contribution in [1.82, 2.24) is 4.48 Å². The summed E-state index contributed by atoms with van der Waals surface area (Å²) in [5, 5.41) is 0. The Morgan fingerprint density at radius 3 is 2.11 bits per heavy atom. The lowest BCUT2D eigenvalue weighted by Gasteiger charge is -2.43. The predicted octanol–water partition coefficient (Wildman–Crippen LogP) is 6.36. The second-order valence-electron chi connectivity index (χ2n) is 7.37. The molecule has 0 spiro atoms.